The molecular formula is C18H20N2O. The third kappa shape index (κ3) is 2.86. The molecule has 3 heteroatoms. The first-order valence-electron chi connectivity index (χ1n) is 7.42. The molecule has 0 radical (unpaired) electrons. The Hall–Kier alpha value is -2.05. The zero-order valence-electron chi connectivity index (χ0n) is 12.3. The van der Waals surface area contributed by atoms with E-state index in [2.05, 4.69) is 21.9 Å². The molecule has 0 unspecified atom stereocenters. The molecular weight excluding hydrogens is 260 g/mol. The van der Waals surface area contributed by atoms with Crippen molar-refractivity contribution >= 4 is 10.9 Å². The number of nitrogens with zero attached hydrogens (tertiary/aromatic N) is 2. The smallest absolute Gasteiger partial charge is 0.145 e. The zero-order valence-corrected chi connectivity index (χ0v) is 12.3. The van der Waals surface area contributed by atoms with Crippen LogP contribution in [-0.2, 0) is 6.42 Å². The van der Waals surface area contributed by atoms with Gasteiger partial charge in [-0.2, -0.15) is 0 Å². The first kappa shape index (κ1) is 13.9. The highest BCUT2D eigenvalue weighted by atomic mass is 16.3. The average molecular weight is 280 g/mol. The van der Waals surface area contributed by atoms with Crippen LogP contribution in [0.15, 0.2) is 24.4 Å². The minimum atomic E-state index is 0.369. The molecule has 1 aliphatic carbocycles. The van der Waals surface area contributed by atoms with Gasteiger partial charge in [0.25, 0.3) is 0 Å². The molecule has 108 valence electrons. The van der Waals surface area contributed by atoms with Crippen molar-refractivity contribution in [2.24, 2.45) is 0 Å². The summed E-state index contributed by atoms with van der Waals surface area (Å²) in [7, 11) is 2.03. The molecule has 1 aliphatic rings. The van der Waals surface area contributed by atoms with Crippen molar-refractivity contribution in [1.82, 2.24) is 9.88 Å². The first-order chi connectivity index (χ1) is 10.2. The fraction of sp³-hybridized carbons (Fsp3) is 0.389. The summed E-state index contributed by atoms with van der Waals surface area (Å²) in [6.45, 7) is 1.56. The number of hydrogen-bond acceptors (Lipinski definition) is 3. The number of aromatic nitrogens is 1. The van der Waals surface area contributed by atoms with E-state index in [0.717, 1.165) is 29.4 Å². The van der Waals surface area contributed by atoms with Crippen LogP contribution in [0, 0.1) is 12.3 Å². The number of aromatic hydroxyl groups is 1. The van der Waals surface area contributed by atoms with Gasteiger partial charge in [0, 0.05) is 18.1 Å². The molecule has 1 aromatic heterocycles. The number of fused-ring (bicyclic) bond motifs is 1. The maximum absolute atomic E-state index is 10.4. The van der Waals surface area contributed by atoms with Crippen LogP contribution in [0.5, 0.6) is 5.75 Å². The van der Waals surface area contributed by atoms with Crippen LogP contribution in [0.2, 0.25) is 0 Å². The Bertz CT molecular complexity index is 698. The quantitative estimate of drug-likeness (QED) is 0.856. The lowest BCUT2D eigenvalue weighted by Gasteiger charge is -2.16. The minimum absolute atomic E-state index is 0.369. The van der Waals surface area contributed by atoms with Gasteiger partial charge < -0.3 is 5.11 Å². The first-order valence-corrected chi connectivity index (χ1v) is 7.42. The van der Waals surface area contributed by atoms with E-state index in [1.165, 1.54) is 18.4 Å². The van der Waals surface area contributed by atoms with Crippen LogP contribution in [-0.4, -0.2) is 35.1 Å². The van der Waals surface area contributed by atoms with Crippen LogP contribution in [0.3, 0.4) is 0 Å². The highest BCUT2D eigenvalue weighted by molar-refractivity contribution is 5.89. The molecule has 21 heavy (non-hydrogen) atoms. The summed E-state index contributed by atoms with van der Waals surface area (Å²) >= 11 is 0. The van der Waals surface area contributed by atoms with Crippen molar-refractivity contribution in [2.45, 2.75) is 25.2 Å². The summed E-state index contributed by atoms with van der Waals surface area (Å²) in [6, 6.07) is 6.13. The molecule has 1 aromatic carbocycles. The Labute approximate surface area is 125 Å². The number of phenols is 1. The van der Waals surface area contributed by atoms with Crippen LogP contribution < -0.4 is 0 Å². The van der Waals surface area contributed by atoms with Crippen molar-refractivity contribution < 1.29 is 5.11 Å². The van der Waals surface area contributed by atoms with Crippen molar-refractivity contribution in [2.75, 3.05) is 20.1 Å². The monoisotopic (exact) mass is 280 g/mol. The molecule has 0 spiro atoms. The van der Waals surface area contributed by atoms with Gasteiger partial charge in [-0.15, -0.1) is 6.42 Å². The maximum Gasteiger partial charge on any atom is 0.145 e. The molecule has 2 aromatic rings. The third-order valence-electron chi connectivity index (χ3n) is 4.12. The van der Waals surface area contributed by atoms with E-state index in [-0.39, 0.29) is 0 Å². The summed E-state index contributed by atoms with van der Waals surface area (Å²) in [5.74, 6) is 3.55. The molecule has 0 aliphatic heterocycles. The van der Waals surface area contributed by atoms with Gasteiger partial charge >= 0.3 is 0 Å². The topological polar surface area (TPSA) is 36.4 Å². The fourth-order valence-corrected chi connectivity index (χ4v) is 2.78. The van der Waals surface area contributed by atoms with Crippen LogP contribution in [0.1, 0.15) is 29.9 Å². The van der Waals surface area contributed by atoms with E-state index in [1.807, 2.05) is 19.2 Å². The van der Waals surface area contributed by atoms with Gasteiger partial charge in [-0.05, 0) is 49.4 Å². The minimum Gasteiger partial charge on any atom is -0.505 e. The second-order valence-electron chi connectivity index (χ2n) is 5.84. The fourth-order valence-electron chi connectivity index (χ4n) is 2.78. The molecule has 0 atom stereocenters. The standard InChI is InChI=1S/C18H20N2O/c1-3-10-20(2)11-8-14-12-16(13-6-7-13)18(21)17-15(14)5-4-9-19-17/h1,4-5,9,12-13,21H,6-8,10-11H2,2H3. The van der Waals surface area contributed by atoms with Gasteiger partial charge in [0.1, 0.15) is 11.3 Å². The van der Waals surface area contributed by atoms with E-state index in [4.69, 9.17) is 6.42 Å². The van der Waals surface area contributed by atoms with E-state index in [9.17, 15) is 5.11 Å². The van der Waals surface area contributed by atoms with Gasteiger partial charge in [-0.25, -0.2) is 0 Å². The second-order valence-corrected chi connectivity index (χ2v) is 5.84. The molecule has 1 N–H and O–H groups in total. The summed E-state index contributed by atoms with van der Waals surface area (Å²) in [4.78, 5) is 6.51. The summed E-state index contributed by atoms with van der Waals surface area (Å²) < 4.78 is 0. The van der Waals surface area contributed by atoms with Gasteiger partial charge in [-0.1, -0.05) is 18.1 Å². The normalized spacial score (nSPS) is 14.5. The molecule has 3 rings (SSSR count). The number of pyridine rings is 1. The van der Waals surface area contributed by atoms with Crippen LogP contribution in [0.4, 0.5) is 0 Å². The van der Waals surface area contributed by atoms with Crippen LogP contribution in [0.25, 0.3) is 10.9 Å². The number of terminal acetylenes is 1. The van der Waals surface area contributed by atoms with E-state index >= 15 is 0 Å². The van der Waals surface area contributed by atoms with Gasteiger partial charge in [0.05, 0.1) is 6.54 Å². The van der Waals surface area contributed by atoms with Crippen molar-refractivity contribution in [3.8, 4) is 18.1 Å². The summed E-state index contributed by atoms with van der Waals surface area (Å²) in [5.41, 5.74) is 3.05. The lowest BCUT2D eigenvalue weighted by molar-refractivity contribution is 0.381. The van der Waals surface area contributed by atoms with Gasteiger partial charge in [-0.3, -0.25) is 9.88 Å². The van der Waals surface area contributed by atoms with Gasteiger partial charge in [0.2, 0.25) is 0 Å². The molecule has 0 saturated heterocycles. The molecule has 1 saturated carbocycles. The van der Waals surface area contributed by atoms with E-state index in [1.54, 1.807) is 6.20 Å². The van der Waals surface area contributed by atoms with Gasteiger partial charge in [0.15, 0.2) is 0 Å². The Balaban J connectivity index is 1.96. The molecule has 3 nitrogen and oxygen atoms in total. The predicted molar refractivity (Wildman–Crippen MR) is 85.4 cm³/mol. The molecule has 0 bridgehead atoms. The predicted octanol–water partition coefficient (Wildman–Crippen LogP) is 2.93. The Morgan fingerprint density at radius 1 is 1.48 bits per heavy atom. The number of hydrogen-bond donors (Lipinski definition) is 1. The molecule has 1 fully saturated rings. The number of phenolic OH excluding ortho intramolecular Hbond substituents is 1. The summed E-state index contributed by atoms with van der Waals surface area (Å²) in [5, 5.41) is 11.5. The van der Waals surface area contributed by atoms with E-state index in [0.29, 0.717) is 18.2 Å². The SMILES string of the molecule is C#CCN(C)CCc1cc(C2CC2)c(O)c2ncccc12. The Kier molecular flexibility index (Phi) is 3.81. The van der Waals surface area contributed by atoms with Crippen molar-refractivity contribution in [1.29, 1.82) is 0 Å². The average Bonchev–Trinajstić information content (AvgIpc) is 3.32. The third-order valence-corrected chi connectivity index (χ3v) is 4.12. The summed E-state index contributed by atoms with van der Waals surface area (Å²) in [6.07, 6.45) is 10.3. The van der Waals surface area contributed by atoms with Crippen molar-refractivity contribution in [3.63, 3.8) is 0 Å². The highest BCUT2D eigenvalue weighted by Crippen LogP contribution is 2.46. The lowest BCUT2D eigenvalue weighted by atomic mass is 9.98. The number of likely N-dealkylation sites (N-methyl/N-ethyl adjacent to an activating group) is 1. The maximum atomic E-state index is 10.4. The molecule has 1 heterocycles. The Morgan fingerprint density at radius 2 is 2.29 bits per heavy atom. The zero-order chi connectivity index (χ0) is 14.8. The largest absolute Gasteiger partial charge is 0.505 e. The second kappa shape index (κ2) is 5.75. The lowest BCUT2D eigenvalue weighted by Crippen LogP contribution is -2.21. The number of benzene rings is 1. The van der Waals surface area contributed by atoms with Crippen LogP contribution >= 0.6 is 0 Å². The van der Waals surface area contributed by atoms with E-state index < -0.39 is 0 Å². The molecule has 0 amide bonds. The van der Waals surface area contributed by atoms with Crippen molar-refractivity contribution in [3.05, 3.63) is 35.5 Å². The highest BCUT2D eigenvalue weighted by Gasteiger charge is 2.28. The number of rotatable bonds is 5. The Morgan fingerprint density at radius 3 is 3.00 bits per heavy atom.